The normalized spacial score (nSPS) is 12.5. The third-order valence-electron chi connectivity index (χ3n) is 3.50. The zero-order chi connectivity index (χ0) is 16.3. The van der Waals surface area contributed by atoms with Gasteiger partial charge in [0.05, 0.1) is 0 Å². The van der Waals surface area contributed by atoms with E-state index in [1.54, 1.807) is 12.1 Å². The third kappa shape index (κ3) is 4.12. The fourth-order valence-corrected chi connectivity index (χ4v) is 2.81. The number of allylic oxidation sites excluding steroid dienone is 1. The number of carbonyl (C=O) groups excluding carboxylic acids is 1. The second kappa shape index (κ2) is 6.99. The molecule has 4 heteroatoms. The number of rotatable bonds is 4. The molecule has 1 amide bonds. The van der Waals surface area contributed by atoms with E-state index in [-0.39, 0.29) is 5.92 Å². The van der Waals surface area contributed by atoms with Crippen LogP contribution >= 0.6 is 23.2 Å². The first-order valence-corrected chi connectivity index (χ1v) is 7.67. The van der Waals surface area contributed by atoms with Crippen LogP contribution in [0.25, 0.3) is 6.08 Å². The molecule has 2 nitrogen and oxygen atoms in total. The highest BCUT2D eigenvalue weighted by atomic mass is 35.5. The van der Waals surface area contributed by atoms with Gasteiger partial charge in [-0.05, 0) is 53.8 Å². The van der Waals surface area contributed by atoms with E-state index in [0.29, 0.717) is 15.6 Å². The molecule has 2 aromatic rings. The lowest BCUT2D eigenvalue weighted by molar-refractivity contribution is 0.0999. The molecule has 0 aliphatic heterocycles. The van der Waals surface area contributed by atoms with Crippen LogP contribution in [-0.2, 0) is 0 Å². The van der Waals surface area contributed by atoms with E-state index in [2.05, 4.69) is 13.0 Å². The summed E-state index contributed by atoms with van der Waals surface area (Å²) in [5, 5.41) is 1.26. The van der Waals surface area contributed by atoms with Crippen LogP contribution in [0.2, 0.25) is 10.0 Å². The average Bonchev–Trinajstić information content (AvgIpc) is 2.43. The van der Waals surface area contributed by atoms with Crippen LogP contribution in [-0.4, -0.2) is 5.91 Å². The maximum atomic E-state index is 11.2. The van der Waals surface area contributed by atoms with Crippen molar-refractivity contribution in [1.82, 2.24) is 0 Å². The van der Waals surface area contributed by atoms with Crippen molar-refractivity contribution >= 4 is 35.2 Å². The van der Waals surface area contributed by atoms with Crippen molar-refractivity contribution in [3.05, 3.63) is 74.8 Å². The number of hydrogen-bond acceptors (Lipinski definition) is 1. The van der Waals surface area contributed by atoms with Crippen LogP contribution in [0.15, 0.2) is 42.5 Å². The van der Waals surface area contributed by atoms with Crippen LogP contribution in [0.5, 0.6) is 0 Å². The number of benzene rings is 2. The summed E-state index contributed by atoms with van der Waals surface area (Å²) >= 11 is 12.1. The van der Waals surface area contributed by atoms with Gasteiger partial charge in [-0.3, -0.25) is 4.79 Å². The Morgan fingerprint density at radius 3 is 2.32 bits per heavy atom. The summed E-state index contributed by atoms with van der Waals surface area (Å²) < 4.78 is 0. The fourth-order valence-electron chi connectivity index (χ4n) is 2.27. The number of carbonyl (C=O) groups is 1. The summed E-state index contributed by atoms with van der Waals surface area (Å²) in [6.07, 6.45) is 4.08. The quantitative estimate of drug-likeness (QED) is 0.819. The van der Waals surface area contributed by atoms with Crippen LogP contribution in [0.1, 0.15) is 39.9 Å². The topological polar surface area (TPSA) is 43.1 Å². The van der Waals surface area contributed by atoms with Crippen molar-refractivity contribution < 1.29 is 4.79 Å². The Labute approximate surface area is 140 Å². The predicted molar refractivity (Wildman–Crippen MR) is 93.6 cm³/mol. The predicted octanol–water partition coefficient (Wildman–Crippen LogP) is 5.22. The van der Waals surface area contributed by atoms with Gasteiger partial charge in [-0.2, -0.15) is 0 Å². The van der Waals surface area contributed by atoms with Gasteiger partial charge in [0.2, 0.25) is 5.91 Å². The minimum atomic E-state index is -0.407. The standard InChI is InChI=1S/C18H17Cl2NO/c1-11(14-8-15(19)10-16(20)9-14)3-4-13-5-6-17(18(21)22)12(2)7-13/h3-11H,1-2H3,(H2,21,22)/b4-3+. The summed E-state index contributed by atoms with van der Waals surface area (Å²) in [4.78, 5) is 11.2. The molecule has 22 heavy (non-hydrogen) atoms. The molecule has 2 N–H and O–H groups in total. The highest BCUT2D eigenvalue weighted by Crippen LogP contribution is 2.26. The first-order chi connectivity index (χ1) is 10.4. The molecule has 0 aliphatic carbocycles. The molecule has 0 fully saturated rings. The third-order valence-corrected chi connectivity index (χ3v) is 3.94. The summed E-state index contributed by atoms with van der Waals surface area (Å²) in [5.74, 6) is -0.234. The van der Waals surface area contributed by atoms with Crippen molar-refractivity contribution in [2.24, 2.45) is 5.73 Å². The van der Waals surface area contributed by atoms with E-state index in [0.717, 1.165) is 16.7 Å². The molecule has 1 atom stereocenters. The summed E-state index contributed by atoms with van der Waals surface area (Å²) in [6.45, 7) is 3.95. The van der Waals surface area contributed by atoms with E-state index >= 15 is 0 Å². The molecule has 0 aliphatic rings. The number of aryl methyl sites for hydroxylation is 1. The number of halogens is 2. The summed E-state index contributed by atoms with van der Waals surface area (Å²) in [7, 11) is 0. The number of primary amides is 1. The Morgan fingerprint density at radius 2 is 1.77 bits per heavy atom. The molecular formula is C18H17Cl2NO. The molecule has 1 unspecified atom stereocenters. The molecule has 0 heterocycles. The van der Waals surface area contributed by atoms with Gasteiger partial charge < -0.3 is 5.73 Å². The van der Waals surface area contributed by atoms with Crippen LogP contribution in [0, 0.1) is 6.92 Å². The minimum absolute atomic E-state index is 0.173. The molecule has 2 aromatic carbocycles. The molecule has 0 aromatic heterocycles. The highest BCUT2D eigenvalue weighted by molar-refractivity contribution is 6.34. The number of hydrogen-bond donors (Lipinski definition) is 1. The number of amides is 1. The van der Waals surface area contributed by atoms with E-state index in [4.69, 9.17) is 28.9 Å². The van der Waals surface area contributed by atoms with Gasteiger partial charge >= 0.3 is 0 Å². The Morgan fingerprint density at radius 1 is 1.14 bits per heavy atom. The monoisotopic (exact) mass is 333 g/mol. The fraction of sp³-hybridized carbons (Fsp3) is 0.167. The molecule has 0 spiro atoms. The van der Waals surface area contributed by atoms with Crippen LogP contribution < -0.4 is 5.73 Å². The van der Waals surface area contributed by atoms with Gasteiger partial charge in [-0.25, -0.2) is 0 Å². The van der Waals surface area contributed by atoms with Crippen LogP contribution in [0.3, 0.4) is 0 Å². The molecule has 0 saturated carbocycles. The summed E-state index contributed by atoms with van der Waals surface area (Å²) in [5.41, 5.74) is 8.80. The molecule has 0 bridgehead atoms. The Hall–Kier alpha value is -1.77. The molecule has 0 radical (unpaired) electrons. The average molecular weight is 334 g/mol. The van der Waals surface area contributed by atoms with Crippen molar-refractivity contribution in [3.8, 4) is 0 Å². The second-order valence-corrected chi connectivity index (χ2v) is 6.16. The first kappa shape index (κ1) is 16.6. The smallest absolute Gasteiger partial charge is 0.248 e. The SMILES string of the molecule is Cc1cc(/C=C/C(C)c2cc(Cl)cc(Cl)c2)ccc1C(N)=O. The Bertz CT molecular complexity index is 718. The van der Waals surface area contributed by atoms with Gasteiger partial charge in [-0.1, -0.05) is 54.4 Å². The zero-order valence-corrected chi connectivity index (χ0v) is 13.9. The minimum Gasteiger partial charge on any atom is -0.366 e. The van der Waals surface area contributed by atoms with E-state index < -0.39 is 5.91 Å². The van der Waals surface area contributed by atoms with Gasteiger partial charge in [0.15, 0.2) is 0 Å². The van der Waals surface area contributed by atoms with Gasteiger partial charge in [0, 0.05) is 15.6 Å². The number of nitrogens with two attached hydrogens (primary N) is 1. The maximum absolute atomic E-state index is 11.2. The maximum Gasteiger partial charge on any atom is 0.248 e. The lowest BCUT2D eigenvalue weighted by Crippen LogP contribution is -2.12. The lowest BCUT2D eigenvalue weighted by Gasteiger charge is -2.08. The van der Waals surface area contributed by atoms with Crippen molar-refractivity contribution in [1.29, 1.82) is 0 Å². The van der Waals surface area contributed by atoms with Gasteiger partial charge in [-0.15, -0.1) is 0 Å². The summed E-state index contributed by atoms with van der Waals surface area (Å²) in [6, 6.07) is 11.1. The van der Waals surface area contributed by atoms with Crippen LogP contribution in [0.4, 0.5) is 0 Å². The van der Waals surface area contributed by atoms with Crippen molar-refractivity contribution in [3.63, 3.8) is 0 Å². The molecule has 2 rings (SSSR count). The Kier molecular flexibility index (Phi) is 5.28. The lowest BCUT2D eigenvalue weighted by atomic mass is 9.98. The molecule has 114 valence electrons. The van der Waals surface area contributed by atoms with E-state index in [9.17, 15) is 4.79 Å². The van der Waals surface area contributed by atoms with Gasteiger partial charge in [0.1, 0.15) is 0 Å². The highest BCUT2D eigenvalue weighted by Gasteiger charge is 2.06. The molecule has 0 saturated heterocycles. The van der Waals surface area contributed by atoms with E-state index in [1.165, 1.54) is 0 Å². The second-order valence-electron chi connectivity index (χ2n) is 5.29. The molecular weight excluding hydrogens is 317 g/mol. The van der Waals surface area contributed by atoms with Crippen molar-refractivity contribution in [2.45, 2.75) is 19.8 Å². The Balaban J connectivity index is 2.20. The largest absolute Gasteiger partial charge is 0.366 e. The zero-order valence-electron chi connectivity index (χ0n) is 12.4. The van der Waals surface area contributed by atoms with E-state index in [1.807, 2.05) is 37.3 Å². The first-order valence-electron chi connectivity index (χ1n) is 6.91. The van der Waals surface area contributed by atoms with Gasteiger partial charge in [0.25, 0.3) is 0 Å². The van der Waals surface area contributed by atoms with Crippen molar-refractivity contribution in [2.75, 3.05) is 0 Å².